The van der Waals surface area contributed by atoms with E-state index in [9.17, 15) is 13.2 Å². The molecular formula is C23H30N4O3S. The lowest BCUT2D eigenvalue weighted by Gasteiger charge is -2.40. The Morgan fingerprint density at radius 1 is 0.968 bits per heavy atom. The number of hydrogen-bond acceptors (Lipinski definition) is 4. The predicted octanol–water partition coefficient (Wildman–Crippen LogP) is 3.05. The Hall–Kier alpha value is -2.58. The highest BCUT2D eigenvalue weighted by Gasteiger charge is 2.33. The monoisotopic (exact) mass is 442 g/mol. The van der Waals surface area contributed by atoms with Gasteiger partial charge in [0.2, 0.25) is 10.0 Å². The first-order chi connectivity index (χ1) is 14.8. The van der Waals surface area contributed by atoms with Crippen molar-refractivity contribution in [3.63, 3.8) is 0 Å². The second-order valence-electron chi connectivity index (χ2n) is 8.17. The Morgan fingerprint density at radius 2 is 1.68 bits per heavy atom. The molecule has 1 aliphatic rings. The molecule has 0 radical (unpaired) electrons. The van der Waals surface area contributed by atoms with Crippen molar-refractivity contribution < 1.29 is 8.42 Å². The normalized spacial score (nSPS) is 18.1. The zero-order valence-electron chi connectivity index (χ0n) is 18.6. The predicted molar refractivity (Wildman–Crippen MR) is 124 cm³/mol. The fraction of sp³-hybridized carbons (Fsp3) is 0.435. The zero-order chi connectivity index (χ0) is 22.3. The minimum Gasteiger partial charge on any atom is -0.366 e. The number of aryl methyl sites for hydroxylation is 3. The van der Waals surface area contributed by atoms with E-state index in [1.165, 1.54) is 5.56 Å². The highest BCUT2D eigenvalue weighted by molar-refractivity contribution is 7.89. The lowest BCUT2D eigenvalue weighted by Crippen LogP contribution is -2.53. The number of sulfonamides is 1. The van der Waals surface area contributed by atoms with Gasteiger partial charge in [0.05, 0.1) is 15.9 Å². The van der Waals surface area contributed by atoms with Crippen LogP contribution in [0.1, 0.15) is 26.3 Å². The van der Waals surface area contributed by atoms with Crippen LogP contribution in [0, 0.1) is 6.92 Å². The van der Waals surface area contributed by atoms with E-state index in [1.54, 1.807) is 31.6 Å². The molecule has 1 saturated heterocycles. The fourth-order valence-corrected chi connectivity index (χ4v) is 6.09. The van der Waals surface area contributed by atoms with Gasteiger partial charge in [-0.2, -0.15) is 4.31 Å². The van der Waals surface area contributed by atoms with Crippen molar-refractivity contribution in [1.82, 2.24) is 13.4 Å². The summed E-state index contributed by atoms with van der Waals surface area (Å²) in [4.78, 5) is 15.1. The van der Waals surface area contributed by atoms with Crippen molar-refractivity contribution in [1.29, 1.82) is 0 Å². The smallest absolute Gasteiger partial charge is 0.329 e. The number of rotatable bonds is 5. The minimum absolute atomic E-state index is 0.0593. The standard InChI is InChI=1S/C23H30N4O3S/c1-5-25-21-11-10-20(15-22(21)26(6-2)23(25)28)31(29,30)24-12-13-27(18(4)16-24)19-9-7-8-17(3)14-19/h7-11,14-15,18H,5-6,12-13,16H2,1-4H3/t18-/m1/s1. The third-order valence-electron chi connectivity index (χ3n) is 6.18. The molecule has 1 atom stereocenters. The molecule has 0 aliphatic carbocycles. The van der Waals surface area contributed by atoms with Crippen LogP contribution in [-0.4, -0.2) is 47.5 Å². The molecular weight excluding hydrogens is 412 g/mol. The van der Waals surface area contributed by atoms with Gasteiger partial charge in [-0.05, 0) is 63.6 Å². The summed E-state index contributed by atoms with van der Waals surface area (Å²) in [5.41, 5.74) is 3.65. The van der Waals surface area contributed by atoms with E-state index >= 15 is 0 Å². The maximum absolute atomic E-state index is 13.4. The molecule has 3 aromatic rings. The zero-order valence-corrected chi connectivity index (χ0v) is 19.4. The lowest BCUT2D eigenvalue weighted by atomic mass is 10.1. The number of nitrogens with zero attached hydrogens (tertiary/aromatic N) is 4. The topological polar surface area (TPSA) is 67.5 Å². The Labute approximate surface area is 183 Å². The fourth-order valence-electron chi connectivity index (χ4n) is 4.55. The summed E-state index contributed by atoms with van der Waals surface area (Å²) in [7, 11) is -3.65. The first-order valence-electron chi connectivity index (χ1n) is 10.8. The molecule has 2 heterocycles. The van der Waals surface area contributed by atoms with Crippen LogP contribution in [0.15, 0.2) is 52.2 Å². The first kappa shape index (κ1) is 21.6. The summed E-state index contributed by atoms with van der Waals surface area (Å²) in [5.74, 6) is 0. The van der Waals surface area contributed by atoms with Gasteiger partial charge in [0, 0.05) is 44.5 Å². The van der Waals surface area contributed by atoms with E-state index in [0.717, 1.165) is 11.2 Å². The van der Waals surface area contributed by atoms with E-state index < -0.39 is 10.0 Å². The van der Waals surface area contributed by atoms with Gasteiger partial charge in [-0.25, -0.2) is 13.2 Å². The minimum atomic E-state index is -3.65. The van der Waals surface area contributed by atoms with Crippen molar-refractivity contribution in [3.05, 3.63) is 58.5 Å². The second-order valence-corrected chi connectivity index (χ2v) is 10.1. The first-order valence-corrected chi connectivity index (χ1v) is 12.3. The number of imidazole rings is 1. The third kappa shape index (κ3) is 3.68. The van der Waals surface area contributed by atoms with Crippen molar-refractivity contribution in [2.24, 2.45) is 0 Å². The molecule has 4 rings (SSSR count). The molecule has 7 nitrogen and oxygen atoms in total. The summed E-state index contributed by atoms with van der Waals surface area (Å²) in [6.45, 7) is 10.5. The Balaban J connectivity index is 1.65. The largest absolute Gasteiger partial charge is 0.366 e. The molecule has 0 unspecified atom stereocenters. The SMILES string of the molecule is CCn1c(=O)n(CC)c2cc(S(=O)(=O)N3CCN(c4cccc(C)c4)[C@H](C)C3)ccc21. The van der Waals surface area contributed by atoms with Gasteiger partial charge < -0.3 is 4.90 Å². The molecule has 1 aliphatic heterocycles. The highest BCUT2D eigenvalue weighted by Crippen LogP contribution is 2.27. The van der Waals surface area contributed by atoms with E-state index in [2.05, 4.69) is 36.9 Å². The van der Waals surface area contributed by atoms with Crippen molar-refractivity contribution >= 4 is 26.7 Å². The average molecular weight is 443 g/mol. The molecule has 0 amide bonds. The van der Waals surface area contributed by atoms with Gasteiger partial charge in [-0.15, -0.1) is 0 Å². The molecule has 8 heteroatoms. The summed E-state index contributed by atoms with van der Waals surface area (Å²) < 4.78 is 31.8. The van der Waals surface area contributed by atoms with Gasteiger partial charge in [0.15, 0.2) is 0 Å². The summed E-state index contributed by atoms with van der Waals surface area (Å²) in [5, 5.41) is 0. The van der Waals surface area contributed by atoms with Crippen LogP contribution in [0.4, 0.5) is 5.69 Å². The number of fused-ring (bicyclic) bond motifs is 1. The highest BCUT2D eigenvalue weighted by atomic mass is 32.2. The molecule has 0 N–H and O–H groups in total. The van der Waals surface area contributed by atoms with Crippen LogP contribution < -0.4 is 10.6 Å². The Morgan fingerprint density at radius 3 is 2.32 bits per heavy atom. The quantitative estimate of drug-likeness (QED) is 0.609. The van der Waals surface area contributed by atoms with Crippen LogP contribution in [0.2, 0.25) is 0 Å². The molecule has 1 aromatic heterocycles. The number of benzene rings is 2. The molecule has 31 heavy (non-hydrogen) atoms. The number of aromatic nitrogens is 2. The molecule has 0 bridgehead atoms. The molecule has 2 aromatic carbocycles. The summed E-state index contributed by atoms with van der Waals surface area (Å²) >= 11 is 0. The number of piperazine rings is 1. The van der Waals surface area contributed by atoms with E-state index in [-0.39, 0.29) is 16.6 Å². The van der Waals surface area contributed by atoms with Gasteiger partial charge in [-0.1, -0.05) is 12.1 Å². The summed E-state index contributed by atoms with van der Waals surface area (Å²) in [6, 6.07) is 13.4. The molecule has 166 valence electrons. The third-order valence-corrected chi connectivity index (χ3v) is 8.05. The van der Waals surface area contributed by atoms with Crippen molar-refractivity contribution in [3.8, 4) is 0 Å². The van der Waals surface area contributed by atoms with Gasteiger partial charge >= 0.3 is 5.69 Å². The van der Waals surface area contributed by atoms with Gasteiger partial charge in [-0.3, -0.25) is 9.13 Å². The van der Waals surface area contributed by atoms with Gasteiger partial charge in [0.1, 0.15) is 0 Å². The maximum Gasteiger partial charge on any atom is 0.329 e. The van der Waals surface area contributed by atoms with Gasteiger partial charge in [0.25, 0.3) is 0 Å². The van der Waals surface area contributed by atoms with Crippen LogP contribution >= 0.6 is 0 Å². The second kappa shape index (κ2) is 8.16. The summed E-state index contributed by atoms with van der Waals surface area (Å²) in [6.07, 6.45) is 0. The maximum atomic E-state index is 13.4. The van der Waals surface area contributed by atoms with Crippen LogP contribution in [0.25, 0.3) is 11.0 Å². The van der Waals surface area contributed by atoms with E-state index in [0.29, 0.717) is 38.2 Å². The molecule has 0 spiro atoms. The van der Waals surface area contributed by atoms with Crippen LogP contribution in [0.5, 0.6) is 0 Å². The van der Waals surface area contributed by atoms with Crippen molar-refractivity contribution in [2.75, 3.05) is 24.5 Å². The van der Waals surface area contributed by atoms with E-state index in [1.807, 2.05) is 19.9 Å². The molecule has 0 saturated carbocycles. The van der Waals surface area contributed by atoms with Crippen molar-refractivity contribution in [2.45, 2.75) is 51.7 Å². The molecule has 1 fully saturated rings. The lowest BCUT2D eigenvalue weighted by molar-refractivity contribution is 0.342. The van der Waals surface area contributed by atoms with Crippen LogP contribution in [-0.2, 0) is 23.1 Å². The van der Waals surface area contributed by atoms with Crippen LogP contribution in [0.3, 0.4) is 0 Å². The number of anilines is 1. The Kier molecular flexibility index (Phi) is 5.70. The average Bonchev–Trinajstić information content (AvgIpc) is 3.03. The Bertz CT molecular complexity index is 1280. The number of hydrogen-bond donors (Lipinski definition) is 0. The van der Waals surface area contributed by atoms with E-state index in [4.69, 9.17) is 0 Å².